The number of carbonyl (C=O) groups excluding carboxylic acids is 2. The van der Waals surface area contributed by atoms with Crippen molar-refractivity contribution < 1.29 is 14.3 Å². The zero-order valence-corrected chi connectivity index (χ0v) is 10.9. The maximum absolute atomic E-state index is 12.1. The van der Waals surface area contributed by atoms with Crippen LogP contribution in [-0.4, -0.2) is 43.2 Å². The van der Waals surface area contributed by atoms with Gasteiger partial charge in [-0.15, -0.1) is 0 Å². The lowest BCUT2D eigenvalue weighted by Gasteiger charge is -2.27. The van der Waals surface area contributed by atoms with Gasteiger partial charge in [0.15, 0.2) is 0 Å². The van der Waals surface area contributed by atoms with E-state index in [4.69, 9.17) is 10.5 Å². The summed E-state index contributed by atoms with van der Waals surface area (Å²) in [7, 11) is 0. The quantitative estimate of drug-likeness (QED) is 0.609. The normalized spacial score (nSPS) is 32.9. The first-order valence-electron chi connectivity index (χ1n) is 6.38. The van der Waals surface area contributed by atoms with Crippen LogP contribution in [0.1, 0.15) is 26.7 Å². The molecule has 1 aliphatic heterocycles. The zero-order valence-electron chi connectivity index (χ0n) is 10.9. The molecule has 0 radical (unpaired) electrons. The Labute approximate surface area is 107 Å². The largest absolute Gasteiger partial charge is 0.379 e. The van der Waals surface area contributed by atoms with Crippen LogP contribution in [0.3, 0.4) is 0 Å². The van der Waals surface area contributed by atoms with E-state index in [1.165, 1.54) is 0 Å². The van der Waals surface area contributed by atoms with Crippen molar-refractivity contribution in [3.8, 4) is 0 Å². The predicted molar refractivity (Wildman–Crippen MR) is 65.7 cm³/mol. The van der Waals surface area contributed by atoms with Gasteiger partial charge >= 0.3 is 0 Å². The smallest absolute Gasteiger partial charge is 0.242 e. The molecule has 2 amide bonds. The lowest BCUT2D eigenvalue weighted by molar-refractivity contribution is -0.134. The lowest BCUT2D eigenvalue weighted by Crippen LogP contribution is -2.55. The van der Waals surface area contributed by atoms with Crippen LogP contribution < -0.4 is 16.4 Å². The van der Waals surface area contributed by atoms with Crippen LogP contribution >= 0.6 is 0 Å². The minimum absolute atomic E-state index is 0.137. The zero-order chi connectivity index (χ0) is 13.3. The van der Waals surface area contributed by atoms with Crippen molar-refractivity contribution in [1.29, 1.82) is 0 Å². The van der Waals surface area contributed by atoms with Crippen LogP contribution in [0.4, 0.5) is 0 Å². The highest BCUT2D eigenvalue weighted by atomic mass is 16.5. The Morgan fingerprint density at radius 1 is 1.44 bits per heavy atom. The van der Waals surface area contributed by atoms with E-state index in [1.54, 1.807) is 13.8 Å². The summed E-state index contributed by atoms with van der Waals surface area (Å²) in [5.41, 5.74) is 5.13. The Morgan fingerprint density at radius 2 is 2.11 bits per heavy atom. The predicted octanol–water partition coefficient (Wildman–Crippen LogP) is -0.866. The molecule has 0 spiro atoms. The van der Waals surface area contributed by atoms with Crippen molar-refractivity contribution in [2.24, 2.45) is 11.1 Å². The second kappa shape index (κ2) is 4.85. The summed E-state index contributed by atoms with van der Waals surface area (Å²) < 4.78 is 5.22. The van der Waals surface area contributed by atoms with Crippen molar-refractivity contribution in [3.63, 3.8) is 0 Å². The summed E-state index contributed by atoms with van der Waals surface area (Å²) in [5, 5.41) is 5.57. The van der Waals surface area contributed by atoms with E-state index in [2.05, 4.69) is 10.6 Å². The molecule has 6 nitrogen and oxygen atoms in total. The summed E-state index contributed by atoms with van der Waals surface area (Å²) in [6, 6.07) is -0.566. The summed E-state index contributed by atoms with van der Waals surface area (Å²) in [6.45, 7) is 4.13. The van der Waals surface area contributed by atoms with Gasteiger partial charge in [-0.2, -0.15) is 0 Å². The molecule has 18 heavy (non-hydrogen) atoms. The molecule has 1 heterocycles. The number of hydrogen-bond donors (Lipinski definition) is 3. The highest BCUT2D eigenvalue weighted by Gasteiger charge is 2.45. The Kier molecular flexibility index (Phi) is 3.59. The molecule has 102 valence electrons. The molecule has 2 aliphatic rings. The third-order valence-electron chi connectivity index (χ3n) is 3.70. The standard InChI is InChI=1S/C12H21N3O3/c1-7(10(16)15-8-3-4-8)14-11(17)12(2)6-18-5-9(12)13/h7-9H,3-6,13H2,1-2H3,(H,14,17)(H,15,16). The van der Waals surface area contributed by atoms with Gasteiger partial charge in [0.25, 0.3) is 0 Å². The van der Waals surface area contributed by atoms with Crippen LogP contribution in [-0.2, 0) is 14.3 Å². The molecule has 4 N–H and O–H groups in total. The number of rotatable bonds is 4. The number of carbonyl (C=O) groups is 2. The van der Waals surface area contributed by atoms with Gasteiger partial charge in [0.2, 0.25) is 11.8 Å². The Hall–Kier alpha value is -1.14. The third-order valence-corrected chi connectivity index (χ3v) is 3.70. The lowest BCUT2D eigenvalue weighted by atomic mass is 9.84. The second-order valence-electron chi connectivity index (χ2n) is 5.52. The first-order chi connectivity index (χ1) is 8.43. The van der Waals surface area contributed by atoms with Gasteiger partial charge in [0.1, 0.15) is 6.04 Å². The summed E-state index contributed by atoms with van der Waals surface area (Å²) in [6.07, 6.45) is 2.06. The van der Waals surface area contributed by atoms with E-state index < -0.39 is 11.5 Å². The molecule has 2 rings (SSSR count). The summed E-state index contributed by atoms with van der Waals surface area (Å²) in [4.78, 5) is 23.9. The molecule has 3 atom stereocenters. The molecular formula is C12H21N3O3. The highest BCUT2D eigenvalue weighted by Crippen LogP contribution is 2.27. The number of ether oxygens (including phenoxy) is 1. The monoisotopic (exact) mass is 255 g/mol. The molecule has 0 bridgehead atoms. The van der Waals surface area contributed by atoms with Crippen molar-refractivity contribution in [3.05, 3.63) is 0 Å². The second-order valence-corrected chi connectivity index (χ2v) is 5.52. The minimum Gasteiger partial charge on any atom is -0.379 e. The molecule has 3 unspecified atom stereocenters. The van der Waals surface area contributed by atoms with Crippen LogP contribution in [0.25, 0.3) is 0 Å². The molecular weight excluding hydrogens is 234 g/mol. The minimum atomic E-state index is -0.742. The molecule has 1 saturated heterocycles. The van der Waals surface area contributed by atoms with Crippen LogP contribution in [0.15, 0.2) is 0 Å². The number of nitrogens with one attached hydrogen (secondary N) is 2. The number of nitrogens with two attached hydrogens (primary N) is 1. The first-order valence-corrected chi connectivity index (χ1v) is 6.38. The van der Waals surface area contributed by atoms with Crippen LogP contribution in [0.5, 0.6) is 0 Å². The average molecular weight is 255 g/mol. The van der Waals surface area contributed by atoms with Crippen LogP contribution in [0.2, 0.25) is 0 Å². The topological polar surface area (TPSA) is 93.4 Å². The molecule has 0 aromatic rings. The van der Waals surface area contributed by atoms with Crippen molar-refractivity contribution in [2.45, 2.75) is 44.8 Å². The van der Waals surface area contributed by atoms with E-state index in [1.807, 2.05) is 0 Å². The fourth-order valence-electron chi connectivity index (χ4n) is 1.90. The molecule has 0 aromatic carbocycles. The van der Waals surface area contributed by atoms with E-state index in [0.717, 1.165) is 12.8 Å². The maximum Gasteiger partial charge on any atom is 0.242 e. The average Bonchev–Trinajstić information content (AvgIpc) is 3.05. The van der Waals surface area contributed by atoms with Crippen molar-refractivity contribution in [1.82, 2.24) is 10.6 Å². The summed E-state index contributed by atoms with van der Waals surface area (Å²) >= 11 is 0. The number of amides is 2. The van der Waals surface area contributed by atoms with E-state index in [0.29, 0.717) is 19.3 Å². The van der Waals surface area contributed by atoms with Crippen molar-refractivity contribution >= 4 is 11.8 Å². The molecule has 6 heteroatoms. The molecule has 1 aliphatic carbocycles. The van der Waals surface area contributed by atoms with Gasteiger partial charge in [-0.05, 0) is 26.7 Å². The first kappa shape index (κ1) is 13.3. The van der Waals surface area contributed by atoms with Gasteiger partial charge in [0, 0.05) is 12.1 Å². The van der Waals surface area contributed by atoms with E-state index in [9.17, 15) is 9.59 Å². The van der Waals surface area contributed by atoms with Gasteiger partial charge in [-0.1, -0.05) is 0 Å². The molecule has 2 fully saturated rings. The van der Waals surface area contributed by atoms with Crippen molar-refractivity contribution in [2.75, 3.05) is 13.2 Å². The van der Waals surface area contributed by atoms with E-state index >= 15 is 0 Å². The van der Waals surface area contributed by atoms with Gasteiger partial charge in [0.05, 0.1) is 18.6 Å². The molecule has 1 saturated carbocycles. The number of hydrogen-bond acceptors (Lipinski definition) is 4. The SMILES string of the molecule is CC(NC(=O)C1(C)COCC1N)C(=O)NC1CC1. The fourth-order valence-corrected chi connectivity index (χ4v) is 1.90. The van der Waals surface area contributed by atoms with Gasteiger partial charge in [-0.3, -0.25) is 9.59 Å². The van der Waals surface area contributed by atoms with E-state index in [-0.39, 0.29) is 17.9 Å². The third kappa shape index (κ3) is 2.64. The Balaban J connectivity index is 1.87. The van der Waals surface area contributed by atoms with Crippen LogP contribution in [0, 0.1) is 5.41 Å². The Morgan fingerprint density at radius 3 is 2.61 bits per heavy atom. The highest BCUT2D eigenvalue weighted by molar-refractivity contribution is 5.90. The van der Waals surface area contributed by atoms with Gasteiger partial charge in [-0.25, -0.2) is 0 Å². The maximum atomic E-state index is 12.1. The Bertz CT molecular complexity index is 356. The summed E-state index contributed by atoms with van der Waals surface area (Å²) in [5.74, 6) is -0.354. The molecule has 0 aromatic heterocycles. The fraction of sp³-hybridized carbons (Fsp3) is 0.833. The van der Waals surface area contributed by atoms with Gasteiger partial charge < -0.3 is 21.1 Å².